The number of nitrogens with one attached hydrogen (secondary N) is 1. The molecule has 1 aliphatic rings. The smallest absolute Gasteiger partial charge is 0.236 e. The van der Waals surface area contributed by atoms with E-state index in [-0.39, 0.29) is 29.0 Å². The number of anilines is 1. The number of hydrogen-bond donors (Lipinski definition) is 1. The number of fused-ring (bicyclic) bond motifs is 1. The maximum Gasteiger partial charge on any atom is 0.236 e. The SMILES string of the molecule is CC(C)[C@]1(c2cncc(-c3cnc(NS(C)(=O)=O)nc3)n2)CC[C@H](C)c2cc(-c3c(F)cccc3F)nnc21. The molecule has 0 spiro atoms. The van der Waals surface area contributed by atoms with Crippen LogP contribution in [-0.4, -0.2) is 44.8 Å². The molecule has 3 aromatic heterocycles. The van der Waals surface area contributed by atoms with Crippen molar-refractivity contribution in [3.8, 4) is 22.5 Å². The Morgan fingerprint density at radius 2 is 1.72 bits per heavy atom. The van der Waals surface area contributed by atoms with Gasteiger partial charge >= 0.3 is 0 Å². The van der Waals surface area contributed by atoms with Crippen LogP contribution >= 0.6 is 0 Å². The third-order valence-corrected chi connectivity index (χ3v) is 7.82. The summed E-state index contributed by atoms with van der Waals surface area (Å²) in [6.07, 6.45) is 8.79. The lowest BCUT2D eigenvalue weighted by Gasteiger charge is -2.42. The van der Waals surface area contributed by atoms with Gasteiger partial charge in [0, 0.05) is 24.2 Å². The predicted molar refractivity (Wildman–Crippen MR) is 142 cm³/mol. The highest BCUT2D eigenvalue weighted by Crippen LogP contribution is 2.50. The third-order valence-electron chi connectivity index (χ3n) is 7.27. The van der Waals surface area contributed by atoms with Gasteiger partial charge in [-0.15, -0.1) is 5.10 Å². The van der Waals surface area contributed by atoms with Crippen LogP contribution in [0.5, 0.6) is 0 Å². The van der Waals surface area contributed by atoms with Gasteiger partial charge in [0.25, 0.3) is 0 Å². The number of sulfonamides is 1. The zero-order valence-electron chi connectivity index (χ0n) is 21.9. The highest BCUT2D eigenvalue weighted by molar-refractivity contribution is 7.91. The molecule has 202 valence electrons. The molecule has 2 atom stereocenters. The third kappa shape index (κ3) is 4.96. The highest BCUT2D eigenvalue weighted by Gasteiger charge is 2.46. The van der Waals surface area contributed by atoms with E-state index in [1.54, 1.807) is 18.5 Å². The van der Waals surface area contributed by atoms with Gasteiger partial charge in [-0.05, 0) is 48.4 Å². The largest absolute Gasteiger partial charge is 0.261 e. The monoisotopic (exact) mass is 551 g/mol. The fourth-order valence-electron chi connectivity index (χ4n) is 5.22. The van der Waals surface area contributed by atoms with E-state index < -0.39 is 27.1 Å². The van der Waals surface area contributed by atoms with Crippen molar-refractivity contribution in [2.24, 2.45) is 5.92 Å². The molecule has 39 heavy (non-hydrogen) atoms. The van der Waals surface area contributed by atoms with Gasteiger partial charge in [-0.25, -0.2) is 32.2 Å². The van der Waals surface area contributed by atoms with E-state index in [4.69, 9.17) is 4.98 Å². The first-order chi connectivity index (χ1) is 18.5. The molecule has 3 heterocycles. The molecule has 0 fully saturated rings. The molecule has 0 saturated carbocycles. The van der Waals surface area contributed by atoms with E-state index in [1.165, 1.54) is 30.6 Å². The van der Waals surface area contributed by atoms with Crippen molar-refractivity contribution in [3.63, 3.8) is 0 Å². The fourth-order valence-corrected chi connectivity index (χ4v) is 5.65. The molecular weight excluding hydrogens is 524 g/mol. The van der Waals surface area contributed by atoms with Crippen LogP contribution in [0.4, 0.5) is 14.7 Å². The van der Waals surface area contributed by atoms with Crippen LogP contribution in [0.1, 0.15) is 56.5 Å². The molecule has 12 heteroatoms. The van der Waals surface area contributed by atoms with Gasteiger partial charge in [0.15, 0.2) is 0 Å². The summed E-state index contributed by atoms with van der Waals surface area (Å²) in [5, 5.41) is 8.87. The van der Waals surface area contributed by atoms with E-state index in [2.05, 4.69) is 50.6 Å². The van der Waals surface area contributed by atoms with Gasteiger partial charge in [-0.3, -0.25) is 9.71 Å². The molecule has 0 radical (unpaired) electrons. The van der Waals surface area contributed by atoms with Crippen molar-refractivity contribution >= 4 is 16.0 Å². The van der Waals surface area contributed by atoms with E-state index in [9.17, 15) is 17.2 Å². The maximum absolute atomic E-state index is 14.6. The van der Waals surface area contributed by atoms with Crippen molar-refractivity contribution in [2.45, 2.75) is 44.9 Å². The quantitative estimate of drug-likeness (QED) is 0.360. The van der Waals surface area contributed by atoms with Gasteiger partial charge in [0.2, 0.25) is 16.0 Å². The molecule has 1 aromatic carbocycles. The van der Waals surface area contributed by atoms with E-state index in [0.29, 0.717) is 22.6 Å². The molecule has 0 bridgehead atoms. The standard InChI is InChI=1S/C27H27F2N7O2S/c1-15(2)27(23-14-30-13-22(33-23)17-11-31-26(32-12-17)36-39(4,37)38)9-8-16(3)18-10-21(34-35-25(18)27)24-19(28)6-5-7-20(24)29/h5-7,10-16H,8-9H2,1-4H3,(H,31,32,36)/t16-,27-/m0/s1. The Hall–Kier alpha value is -3.93. The Bertz CT molecular complexity index is 1630. The molecule has 0 saturated heterocycles. The molecule has 0 amide bonds. The van der Waals surface area contributed by atoms with Crippen LogP contribution in [0.25, 0.3) is 22.5 Å². The van der Waals surface area contributed by atoms with Crippen LogP contribution in [0.15, 0.2) is 49.1 Å². The molecule has 0 aliphatic heterocycles. The molecule has 4 aromatic rings. The Balaban J connectivity index is 1.60. The average Bonchev–Trinajstić information content (AvgIpc) is 2.89. The topological polar surface area (TPSA) is 124 Å². The van der Waals surface area contributed by atoms with E-state index in [0.717, 1.165) is 24.7 Å². The van der Waals surface area contributed by atoms with Crippen molar-refractivity contribution in [1.82, 2.24) is 30.1 Å². The first-order valence-electron chi connectivity index (χ1n) is 12.4. The number of rotatable bonds is 6. The summed E-state index contributed by atoms with van der Waals surface area (Å²) in [6, 6.07) is 5.47. The van der Waals surface area contributed by atoms with Crippen LogP contribution in [-0.2, 0) is 15.4 Å². The average molecular weight is 552 g/mol. The Morgan fingerprint density at radius 1 is 1.03 bits per heavy atom. The first kappa shape index (κ1) is 26.7. The van der Waals surface area contributed by atoms with Crippen molar-refractivity contribution < 1.29 is 17.2 Å². The summed E-state index contributed by atoms with van der Waals surface area (Å²) in [5.74, 6) is -1.30. The number of nitrogens with zero attached hydrogens (tertiary/aromatic N) is 6. The molecule has 9 nitrogen and oxygen atoms in total. The van der Waals surface area contributed by atoms with Crippen LogP contribution in [0.2, 0.25) is 0 Å². The van der Waals surface area contributed by atoms with E-state index >= 15 is 0 Å². The second-order valence-electron chi connectivity index (χ2n) is 10.2. The molecule has 5 rings (SSSR count). The van der Waals surface area contributed by atoms with Gasteiger partial charge in [0.1, 0.15) is 11.6 Å². The Morgan fingerprint density at radius 3 is 2.36 bits per heavy atom. The van der Waals surface area contributed by atoms with Crippen LogP contribution in [0, 0.1) is 17.6 Å². The minimum absolute atomic E-state index is 0.0382. The molecular formula is C27H27F2N7O2S. The summed E-state index contributed by atoms with van der Waals surface area (Å²) in [5.41, 5.74) is 2.64. The summed E-state index contributed by atoms with van der Waals surface area (Å²) in [6.45, 7) is 6.22. The minimum atomic E-state index is -3.51. The highest BCUT2D eigenvalue weighted by atomic mass is 32.2. The van der Waals surface area contributed by atoms with Crippen LogP contribution in [0.3, 0.4) is 0 Å². The van der Waals surface area contributed by atoms with Gasteiger partial charge in [-0.1, -0.05) is 26.8 Å². The van der Waals surface area contributed by atoms with Gasteiger partial charge in [-0.2, -0.15) is 5.10 Å². The summed E-state index contributed by atoms with van der Waals surface area (Å²) in [7, 11) is -3.51. The van der Waals surface area contributed by atoms with E-state index in [1.807, 2.05) is 0 Å². The zero-order valence-corrected chi connectivity index (χ0v) is 22.7. The maximum atomic E-state index is 14.6. The number of aromatic nitrogens is 6. The van der Waals surface area contributed by atoms with Crippen molar-refractivity contribution in [3.05, 3.63) is 77.6 Å². The first-order valence-corrected chi connectivity index (χ1v) is 14.3. The zero-order chi connectivity index (χ0) is 27.9. The molecule has 1 N–H and O–H groups in total. The summed E-state index contributed by atoms with van der Waals surface area (Å²) in [4.78, 5) is 17.5. The van der Waals surface area contributed by atoms with Crippen molar-refractivity contribution in [2.75, 3.05) is 11.0 Å². The number of benzene rings is 1. The Labute approximate surface area is 225 Å². The van der Waals surface area contributed by atoms with Crippen LogP contribution < -0.4 is 4.72 Å². The van der Waals surface area contributed by atoms with Crippen molar-refractivity contribution in [1.29, 1.82) is 0 Å². The lowest BCUT2D eigenvalue weighted by molar-refractivity contribution is 0.286. The predicted octanol–water partition coefficient (Wildman–Crippen LogP) is 4.88. The normalized spacial score (nSPS) is 19.1. The van der Waals surface area contributed by atoms with Gasteiger partial charge in [0.05, 0.1) is 46.2 Å². The molecule has 0 unspecified atom stereocenters. The summed E-state index contributed by atoms with van der Waals surface area (Å²) >= 11 is 0. The van der Waals surface area contributed by atoms with Gasteiger partial charge < -0.3 is 0 Å². The number of halogens is 2. The minimum Gasteiger partial charge on any atom is -0.261 e. The second-order valence-corrected chi connectivity index (χ2v) is 11.9. The second kappa shape index (κ2) is 9.99. The molecule has 1 aliphatic carbocycles. The number of hydrogen-bond acceptors (Lipinski definition) is 8. The Kier molecular flexibility index (Phi) is 6.83. The summed E-state index contributed by atoms with van der Waals surface area (Å²) < 4.78 is 54.3. The lowest BCUT2D eigenvalue weighted by Crippen LogP contribution is -2.40. The lowest BCUT2D eigenvalue weighted by atomic mass is 9.62. The fraction of sp³-hybridized carbons (Fsp3) is 0.333.